The van der Waals surface area contributed by atoms with Crippen LogP contribution < -0.4 is 20.9 Å². The van der Waals surface area contributed by atoms with Gasteiger partial charge in [-0.25, -0.2) is 14.4 Å². The molecule has 10 nitrogen and oxygen atoms in total. The van der Waals surface area contributed by atoms with Crippen LogP contribution in [0.5, 0.6) is 0 Å². The van der Waals surface area contributed by atoms with Gasteiger partial charge in [0.1, 0.15) is 28.6 Å². The van der Waals surface area contributed by atoms with Crippen LogP contribution in [-0.2, 0) is 5.60 Å². The predicted octanol–water partition coefficient (Wildman–Crippen LogP) is 5.11. The number of nitrogens with one attached hydrogen (secondary N) is 3. The Labute approximate surface area is 252 Å². The van der Waals surface area contributed by atoms with Crippen molar-refractivity contribution in [1.82, 2.24) is 25.2 Å². The number of nitrogens with zero attached hydrogens (tertiary/aromatic N) is 5. The molecular formula is C32H41FN8O2. The van der Waals surface area contributed by atoms with Crippen molar-refractivity contribution in [3.63, 3.8) is 0 Å². The fourth-order valence-electron chi connectivity index (χ4n) is 5.66. The maximum absolute atomic E-state index is 13.2. The van der Waals surface area contributed by atoms with Gasteiger partial charge in [-0.15, -0.1) is 0 Å². The highest BCUT2D eigenvalue weighted by Gasteiger charge is 2.36. The van der Waals surface area contributed by atoms with Gasteiger partial charge in [0.15, 0.2) is 0 Å². The lowest BCUT2D eigenvalue weighted by atomic mass is 9.71. The fourth-order valence-corrected chi connectivity index (χ4v) is 5.66. The molecule has 0 aliphatic carbocycles. The Morgan fingerprint density at radius 1 is 1.02 bits per heavy atom. The van der Waals surface area contributed by atoms with Crippen LogP contribution in [0, 0.1) is 5.41 Å². The second-order valence-corrected chi connectivity index (χ2v) is 12.2. The van der Waals surface area contributed by atoms with Crippen LogP contribution in [-0.4, -0.2) is 70.6 Å². The van der Waals surface area contributed by atoms with Gasteiger partial charge in [-0.1, -0.05) is 12.6 Å². The Kier molecular flexibility index (Phi) is 8.93. The normalized spacial score (nSPS) is 17.0. The number of anilines is 5. The number of aromatic nitrogens is 3. The molecule has 0 saturated carbocycles. The van der Waals surface area contributed by atoms with Gasteiger partial charge in [0.05, 0.1) is 12.2 Å². The molecular weight excluding hydrogens is 547 g/mol. The van der Waals surface area contributed by atoms with Crippen LogP contribution in [0.25, 0.3) is 0 Å². The average molecular weight is 589 g/mol. The zero-order chi connectivity index (χ0) is 30.6. The molecule has 2 aliphatic heterocycles. The van der Waals surface area contributed by atoms with Gasteiger partial charge in [0.2, 0.25) is 5.95 Å². The molecule has 1 aromatic carbocycles. The Balaban J connectivity index is 1.30. The summed E-state index contributed by atoms with van der Waals surface area (Å²) >= 11 is 0. The molecule has 0 radical (unpaired) electrons. The molecule has 11 heteroatoms. The predicted molar refractivity (Wildman–Crippen MR) is 168 cm³/mol. The molecule has 1 amide bonds. The summed E-state index contributed by atoms with van der Waals surface area (Å²) in [6.45, 7) is 10.7. The molecule has 0 bridgehead atoms. The molecule has 4 heterocycles. The van der Waals surface area contributed by atoms with Crippen molar-refractivity contribution in [3.8, 4) is 0 Å². The van der Waals surface area contributed by atoms with Crippen LogP contribution in [0.4, 0.5) is 33.3 Å². The minimum Gasteiger partial charge on any atom is -0.384 e. The Morgan fingerprint density at radius 3 is 2.35 bits per heavy atom. The number of halogens is 1. The first kappa shape index (κ1) is 30.4. The monoisotopic (exact) mass is 588 g/mol. The van der Waals surface area contributed by atoms with Gasteiger partial charge in [0, 0.05) is 30.7 Å². The van der Waals surface area contributed by atoms with E-state index in [1.54, 1.807) is 32.0 Å². The Morgan fingerprint density at radius 2 is 1.70 bits per heavy atom. The number of piperidine rings is 2. The summed E-state index contributed by atoms with van der Waals surface area (Å²) in [6.07, 6.45) is 6.43. The summed E-state index contributed by atoms with van der Waals surface area (Å²) in [4.78, 5) is 31.1. The zero-order valence-electron chi connectivity index (χ0n) is 25.2. The molecule has 0 atom stereocenters. The van der Waals surface area contributed by atoms with Gasteiger partial charge < -0.3 is 30.9 Å². The summed E-state index contributed by atoms with van der Waals surface area (Å²) < 4.78 is 13.2. The van der Waals surface area contributed by atoms with Gasteiger partial charge in [0.25, 0.3) is 5.91 Å². The standard InChI is InChI=1S/C32H41FN8O2/c1-22(33)20-34-29(42)25-21-35-30(39-28(25)38-27-7-5-6-26(37-27)31(2,3)43)36-23-8-10-24(11-9-23)41-18-14-32(15-19-41)12-16-40(4)17-13-32/h5-11,21,43H,1,12-20H2,2-4H3,(H,34,42)(H2,35,36,37,38,39). The smallest absolute Gasteiger partial charge is 0.256 e. The number of likely N-dealkylation sites (tertiary alicyclic amines) is 1. The summed E-state index contributed by atoms with van der Waals surface area (Å²) in [5, 5.41) is 19.1. The van der Waals surface area contributed by atoms with E-state index in [2.05, 4.69) is 66.5 Å². The topological polar surface area (TPSA) is 119 Å². The van der Waals surface area contributed by atoms with E-state index < -0.39 is 17.3 Å². The highest BCUT2D eigenvalue weighted by Crippen LogP contribution is 2.42. The van der Waals surface area contributed by atoms with Crippen LogP contribution >= 0.6 is 0 Å². The first-order valence-electron chi connectivity index (χ1n) is 14.8. The molecule has 0 unspecified atom stereocenters. The number of carbonyl (C=O) groups is 1. The SMILES string of the molecule is C=C(F)CNC(=O)c1cnc(Nc2ccc(N3CCC4(CCN(C)CC4)CC3)cc2)nc1Nc1cccc(C(C)(C)O)n1. The van der Waals surface area contributed by atoms with Crippen LogP contribution in [0.3, 0.4) is 0 Å². The summed E-state index contributed by atoms with van der Waals surface area (Å²) in [5.41, 5.74) is 1.88. The van der Waals surface area contributed by atoms with Crippen molar-refractivity contribution >= 4 is 34.9 Å². The van der Waals surface area contributed by atoms with E-state index in [1.807, 2.05) is 12.1 Å². The van der Waals surface area contributed by atoms with E-state index in [0.29, 0.717) is 16.9 Å². The molecule has 43 heavy (non-hydrogen) atoms. The van der Waals surface area contributed by atoms with E-state index in [1.165, 1.54) is 50.7 Å². The van der Waals surface area contributed by atoms with E-state index in [9.17, 15) is 14.3 Å². The van der Waals surface area contributed by atoms with Crippen molar-refractivity contribution in [2.75, 3.05) is 55.3 Å². The van der Waals surface area contributed by atoms with Gasteiger partial charge in [-0.3, -0.25) is 4.79 Å². The quantitative estimate of drug-likeness (QED) is 0.270. The van der Waals surface area contributed by atoms with Gasteiger partial charge in [-0.2, -0.15) is 4.98 Å². The second kappa shape index (κ2) is 12.6. The third-order valence-corrected chi connectivity index (χ3v) is 8.46. The van der Waals surface area contributed by atoms with Crippen molar-refractivity contribution in [3.05, 3.63) is 72.3 Å². The fraction of sp³-hybridized carbons (Fsp3) is 0.438. The summed E-state index contributed by atoms with van der Waals surface area (Å²) in [6, 6.07) is 13.3. The third kappa shape index (κ3) is 7.66. The number of hydrogen-bond donors (Lipinski definition) is 4. The van der Waals surface area contributed by atoms with E-state index in [4.69, 9.17) is 0 Å². The minimum atomic E-state index is -1.16. The maximum atomic E-state index is 13.2. The third-order valence-electron chi connectivity index (χ3n) is 8.46. The number of amides is 1. The largest absolute Gasteiger partial charge is 0.384 e. The highest BCUT2D eigenvalue weighted by atomic mass is 19.1. The number of pyridine rings is 1. The maximum Gasteiger partial charge on any atom is 0.256 e. The highest BCUT2D eigenvalue weighted by molar-refractivity contribution is 5.99. The number of hydrogen-bond acceptors (Lipinski definition) is 9. The molecule has 5 rings (SSSR count). The number of benzene rings is 1. The van der Waals surface area contributed by atoms with Crippen LogP contribution in [0.15, 0.2) is 61.1 Å². The van der Waals surface area contributed by atoms with Gasteiger partial charge in [-0.05, 0) is 101 Å². The summed E-state index contributed by atoms with van der Waals surface area (Å²) in [7, 11) is 2.21. The lowest BCUT2D eigenvalue weighted by Gasteiger charge is -2.46. The molecule has 1 spiro atoms. The lowest BCUT2D eigenvalue weighted by Crippen LogP contribution is -2.46. The first-order chi connectivity index (χ1) is 20.5. The lowest BCUT2D eigenvalue weighted by molar-refractivity contribution is 0.0740. The van der Waals surface area contributed by atoms with E-state index in [0.717, 1.165) is 18.8 Å². The van der Waals surface area contributed by atoms with Gasteiger partial charge >= 0.3 is 0 Å². The average Bonchev–Trinajstić information content (AvgIpc) is 2.98. The molecule has 2 aromatic heterocycles. The first-order valence-corrected chi connectivity index (χ1v) is 14.8. The molecule has 2 aliphatic rings. The molecule has 4 N–H and O–H groups in total. The van der Waals surface area contributed by atoms with Crippen LogP contribution in [0.1, 0.15) is 55.6 Å². The number of aliphatic hydroxyl groups is 1. The second-order valence-electron chi connectivity index (χ2n) is 12.2. The zero-order valence-corrected chi connectivity index (χ0v) is 25.2. The van der Waals surface area contributed by atoms with Crippen molar-refractivity contribution in [2.45, 2.75) is 45.1 Å². The van der Waals surface area contributed by atoms with Crippen molar-refractivity contribution < 1.29 is 14.3 Å². The number of rotatable bonds is 9. The molecule has 228 valence electrons. The Hall–Kier alpha value is -4.09. The van der Waals surface area contributed by atoms with E-state index >= 15 is 0 Å². The van der Waals surface area contributed by atoms with E-state index in [-0.39, 0.29) is 23.9 Å². The molecule has 2 saturated heterocycles. The minimum absolute atomic E-state index is 0.102. The number of carbonyl (C=O) groups excluding carboxylic acids is 1. The van der Waals surface area contributed by atoms with Crippen molar-refractivity contribution in [1.29, 1.82) is 0 Å². The van der Waals surface area contributed by atoms with Crippen molar-refractivity contribution in [2.24, 2.45) is 5.41 Å². The molecule has 2 fully saturated rings. The molecule has 3 aromatic rings. The summed E-state index contributed by atoms with van der Waals surface area (Å²) in [5.74, 6) is -0.424. The van der Waals surface area contributed by atoms with Crippen LogP contribution in [0.2, 0.25) is 0 Å². The Bertz CT molecular complexity index is 1440.